The number of carbonyl (C=O) groups is 1. The van der Waals surface area contributed by atoms with E-state index in [4.69, 9.17) is 9.47 Å². The van der Waals surface area contributed by atoms with Crippen molar-refractivity contribution < 1.29 is 18.7 Å². The van der Waals surface area contributed by atoms with Crippen molar-refractivity contribution in [3.05, 3.63) is 85.5 Å². The van der Waals surface area contributed by atoms with Crippen LogP contribution in [0.2, 0.25) is 0 Å². The molecule has 0 aliphatic heterocycles. The van der Waals surface area contributed by atoms with Crippen molar-refractivity contribution in [1.29, 1.82) is 0 Å². The Labute approximate surface area is 187 Å². The summed E-state index contributed by atoms with van der Waals surface area (Å²) in [6, 6.07) is 14.1. The molecule has 3 N–H and O–H groups in total. The van der Waals surface area contributed by atoms with E-state index in [1.807, 2.05) is 24.3 Å². The van der Waals surface area contributed by atoms with E-state index in [2.05, 4.69) is 34.1 Å². The zero-order chi connectivity index (χ0) is 23.3. The normalized spacial score (nSPS) is 11.5. The van der Waals surface area contributed by atoms with Crippen LogP contribution in [0.15, 0.2) is 90.5 Å². The maximum atomic E-state index is 14.4. The summed E-state index contributed by atoms with van der Waals surface area (Å²) in [5.41, 5.74) is 1.93. The van der Waals surface area contributed by atoms with Crippen LogP contribution < -0.4 is 20.7 Å². The van der Waals surface area contributed by atoms with Crippen LogP contribution in [0.1, 0.15) is 6.92 Å². The van der Waals surface area contributed by atoms with E-state index in [1.54, 1.807) is 38.3 Å². The molecule has 0 saturated carbocycles. The zero-order valence-electron chi connectivity index (χ0n) is 18.2. The van der Waals surface area contributed by atoms with Crippen molar-refractivity contribution in [2.24, 2.45) is 4.99 Å². The second kappa shape index (κ2) is 12.7. The van der Waals surface area contributed by atoms with Gasteiger partial charge in [0, 0.05) is 24.2 Å². The highest BCUT2D eigenvalue weighted by atomic mass is 19.1. The summed E-state index contributed by atoms with van der Waals surface area (Å²) in [4.78, 5) is 15.5. The molecule has 0 radical (unpaired) electrons. The van der Waals surface area contributed by atoms with Gasteiger partial charge in [-0.2, -0.15) is 0 Å². The van der Waals surface area contributed by atoms with Crippen LogP contribution >= 0.6 is 0 Å². The molecule has 2 aromatic carbocycles. The Hall–Kier alpha value is -3.91. The summed E-state index contributed by atoms with van der Waals surface area (Å²) in [7, 11) is 1.62. The molecule has 0 bridgehead atoms. The highest BCUT2D eigenvalue weighted by molar-refractivity contribution is 5.99. The minimum atomic E-state index is -0.631. The lowest BCUT2D eigenvalue weighted by Gasteiger charge is -2.10. The molecule has 168 valence electrons. The molecule has 0 heterocycles. The standard InChI is InChI=1S/C24H27FN4O3/c1-5-24(30)29-21-8-6-7-20(15-21)27-17(2)23(25)16-26-18(3)28-19-9-11-22(12-10-19)32-14-13-31-4/h5-12,15-16,27H,1-2,13-14H2,3-4H3,(H,26,28)(H,29,30)/b23-16+. The van der Waals surface area contributed by atoms with Crippen molar-refractivity contribution in [2.75, 3.05) is 36.3 Å². The number of anilines is 3. The first-order chi connectivity index (χ1) is 15.4. The van der Waals surface area contributed by atoms with Gasteiger partial charge in [0.25, 0.3) is 0 Å². The van der Waals surface area contributed by atoms with Crippen LogP contribution in [0.5, 0.6) is 5.75 Å². The fourth-order valence-electron chi connectivity index (χ4n) is 2.45. The molecule has 1 amide bonds. The third-order valence-corrected chi connectivity index (χ3v) is 4.01. The smallest absolute Gasteiger partial charge is 0.247 e. The van der Waals surface area contributed by atoms with Crippen LogP contribution in [0.4, 0.5) is 21.5 Å². The van der Waals surface area contributed by atoms with Crippen LogP contribution in [0.3, 0.4) is 0 Å². The van der Waals surface area contributed by atoms with Gasteiger partial charge in [-0.15, -0.1) is 0 Å². The predicted molar refractivity (Wildman–Crippen MR) is 128 cm³/mol. The van der Waals surface area contributed by atoms with E-state index in [0.717, 1.165) is 17.6 Å². The summed E-state index contributed by atoms with van der Waals surface area (Å²) < 4.78 is 24.9. The number of nitrogens with one attached hydrogen (secondary N) is 3. The second-order valence-electron chi connectivity index (χ2n) is 6.56. The summed E-state index contributed by atoms with van der Waals surface area (Å²) in [6.45, 7) is 9.80. The molecular weight excluding hydrogens is 411 g/mol. The fourth-order valence-corrected chi connectivity index (χ4v) is 2.45. The Bertz CT molecular complexity index is 1000. The Balaban J connectivity index is 1.92. The van der Waals surface area contributed by atoms with Gasteiger partial charge in [0.2, 0.25) is 5.91 Å². The number of amidine groups is 1. The molecule has 7 nitrogen and oxygen atoms in total. The van der Waals surface area contributed by atoms with E-state index in [0.29, 0.717) is 30.4 Å². The average Bonchev–Trinajstić information content (AvgIpc) is 2.79. The molecule has 0 aromatic heterocycles. The van der Waals surface area contributed by atoms with Crippen molar-refractivity contribution in [1.82, 2.24) is 0 Å². The van der Waals surface area contributed by atoms with Gasteiger partial charge in [0.1, 0.15) is 18.2 Å². The molecule has 2 rings (SSSR count). The molecule has 0 atom stereocenters. The van der Waals surface area contributed by atoms with Crippen LogP contribution in [-0.4, -0.2) is 32.1 Å². The predicted octanol–water partition coefficient (Wildman–Crippen LogP) is 5.10. The van der Waals surface area contributed by atoms with E-state index < -0.39 is 5.83 Å². The van der Waals surface area contributed by atoms with Gasteiger partial charge in [0.05, 0.1) is 18.5 Å². The Morgan fingerprint density at radius 2 is 1.75 bits per heavy atom. The first kappa shape index (κ1) is 24.4. The highest BCUT2D eigenvalue weighted by Crippen LogP contribution is 2.20. The van der Waals surface area contributed by atoms with Gasteiger partial charge in [-0.25, -0.2) is 9.38 Å². The number of halogens is 1. The average molecular weight is 439 g/mol. The van der Waals surface area contributed by atoms with Gasteiger partial charge in [-0.05, 0) is 55.5 Å². The first-order valence-electron chi connectivity index (χ1n) is 9.80. The number of hydrogen-bond donors (Lipinski definition) is 3. The zero-order valence-corrected chi connectivity index (χ0v) is 18.2. The Morgan fingerprint density at radius 1 is 1.06 bits per heavy atom. The number of hydrogen-bond acceptors (Lipinski definition) is 5. The molecular formula is C24H27FN4O3. The quantitative estimate of drug-likeness (QED) is 0.149. The van der Waals surface area contributed by atoms with Crippen LogP contribution in [0, 0.1) is 0 Å². The molecule has 0 fully saturated rings. The van der Waals surface area contributed by atoms with Gasteiger partial charge in [-0.3, -0.25) is 4.79 Å². The minimum absolute atomic E-state index is 0.0336. The van der Waals surface area contributed by atoms with E-state index in [-0.39, 0.29) is 11.6 Å². The molecule has 32 heavy (non-hydrogen) atoms. The third-order valence-electron chi connectivity index (χ3n) is 4.01. The van der Waals surface area contributed by atoms with Crippen molar-refractivity contribution in [3.63, 3.8) is 0 Å². The number of allylic oxidation sites excluding steroid dienone is 1. The molecule has 2 aromatic rings. The monoisotopic (exact) mass is 438 g/mol. The largest absolute Gasteiger partial charge is 0.491 e. The summed E-state index contributed by atoms with van der Waals surface area (Å²) >= 11 is 0. The number of amides is 1. The van der Waals surface area contributed by atoms with Gasteiger partial charge < -0.3 is 25.4 Å². The molecule has 0 saturated heterocycles. The lowest BCUT2D eigenvalue weighted by Crippen LogP contribution is -2.08. The number of carbonyl (C=O) groups excluding carboxylic acids is 1. The lowest BCUT2D eigenvalue weighted by atomic mass is 10.2. The van der Waals surface area contributed by atoms with E-state index >= 15 is 0 Å². The highest BCUT2D eigenvalue weighted by Gasteiger charge is 2.04. The second-order valence-corrected chi connectivity index (χ2v) is 6.56. The van der Waals surface area contributed by atoms with E-state index in [1.165, 1.54) is 6.08 Å². The van der Waals surface area contributed by atoms with E-state index in [9.17, 15) is 9.18 Å². The van der Waals surface area contributed by atoms with Crippen LogP contribution in [-0.2, 0) is 9.53 Å². The van der Waals surface area contributed by atoms with Crippen molar-refractivity contribution >= 4 is 28.8 Å². The number of aliphatic imine (C=N–C) groups is 1. The molecule has 0 spiro atoms. The third kappa shape index (κ3) is 8.45. The maximum absolute atomic E-state index is 14.4. The van der Waals surface area contributed by atoms with Gasteiger partial charge >= 0.3 is 0 Å². The summed E-state index contributed by atoms with van der Waals surface area (Å²) in [5.74, 6) is 0.255. The minimum Gasteiger partial charge on any atom is -0.491 e. The van der Waals surface area contributed by atoms with Crippen molar-refractivity contribution in [2.45, 2.75) is 6.92 Å². The van der Waals surface area contributed by atoms with Crippen molar-refractivity contribution in [3.8, 4) is 5.75 Å². The number of nitrogens with zero attached hydrogens (tertiary/aromatic N) is 1. The Morgan fingerprint density at radius 3 is 2.41 bits per heavy atom. The maximum Gasteiger partial charge on any atom is 0.247 e. The number of ether oxygens (including phenoxy) is 2. The summed E-state index contributed by atoms with van der Waals surface area (Å²) in [5, 5.41) is 8.55. The molecule has 0 aliphatic rings. The van der Waals surface area contributed by atoms with Crippen LogP contribution in [0.25, 0.3) is 0 Å². The lowest BCUT2D eigenvalue weighted by molar-refractivity contribution is -0.111. The number of rotatable bonds is 11. The molecule has 8 heteroatoms. The first-order valence-corrected chi connectivity index (χ1v) is 9.80. The molecule has 0 unspecified atom stereocenters. The molecule has 0 aliphatic carbocycles. The number of benzene rings is 2. The van der Waals surface area contributed by atoms with Gasteiger partial charge in [-0.1, -0.05) is 19.2 Å². The summed E-state index contributed by atoms with van der Waals surface area (Å²) in [6.07, 6.45) is 2.24. The SMILES string of the molecule is C=CC(=O)Nc1cccc(NC(=C)/C(F)=C\N=C(C)Nc2ccc(OCCOC)cc2)c1. The Kier molecular flexibility index (Phi) is 9.68. The topological polar surface area (TPSA) is 84.0 Å². The number of methoxy groups -OCH3 is 1. The fraction of sp³-hybridized carbons (Fsp3) is 0.167. The van der Waals surface area contributed by atoms with Gasteiger partial charge in [0.15, 0.2) is 5.83 Å².